The molecule has 0 aliphatic heterocycles. The summed E-state index contributed by atoms with van der Waals surface area (Å²) < 4.78 is 1.89. The molecular weight excluding hydrogens is 250 g/mol. The van der Waals surface area contributed by atoms with E-state index in [1.807, 2.05) is 23.0 Å². The standard InChI is InChI=1S/C13H16ClN3O/c1-10(9-17-6-2-5-16-17)15-8-11-3-4-13(18)12(14)7-11/h2-7,10,15,18H,8-9H2,1H3. The minimum absolute atomic E-state index is 0.116. The number of aromatic hydroxyl groups is 1. The SMILES string of the molecule is CC(Cn1cccn1)NCc1ccc(O)c(Cl)c1. The average Bonchev–Trinajstić information content (AvgIpc) is 2.83. The van der Waals surface area contributed by atoms with Crippen molar-refractivity contribution in [1.82, 2.24) is 15.1 Å². The van der Waals surface area contributed by atoms with Gasteiger partial charge in [0.2, 0.25) is 0 Å². The van der Waals surface area contributed by atoms with Crippen molar-refractivity contribution >= 4 is 11.6 Å². The van der Waals surface area contributed by atoms with Crippen molar-refractivity contribution in [3.63, 3.8) is 0 Å². The van der Waals surface area contributed by atoms with E-state index in [2.05, 4.69) is 17.3 Å². The molecule has 1 aromatic heterocycles. The lowest BCUT2D eigenvalue weighted by atomic mass is 10.2. The number of hydrogen-bond donors (Lipinski definition) is 2. The number of halogens is 1. The molecule has 1 unspecified atom stereocenters. The Kier molecular flexibility index (Phi) is 4.23. The fraction of sp³-hybridized carbons (Fsp3) is 0.308. The quantitative estimate of drug-likeness (QED) is 0.873. The highest BCUT2D eigenvalue weighted by atomic mass is 35.5. The molecule has 0 aliphatic carbocycles. The molecule has 0 fully saturated rings. The van der Waals surface area contributed by atoms with Gasteiger partial charge in [-0.2, -0.15) is 5.10 Å². The van der Waals surface area contributed by atoms with E-state index in [4.69, 9.17) is 11.6 Å². The highest BCUT2D eigenvalue weighted by Crippen LogP contribution is 2.23. The Balaban J connectivity index is 1.85. The van der Waals surface area contributed by atoms with E-state index in [0.29, 0.717) is 17.6 Å². The lowest BCUT2D eigenvalue weighted by molar-refractivity contribution is 0.450. The Bertz CT molecular complexity index is 499. The molecule has 0 amide bonds. The lowest BCUT2D eigenvalue weighted by Crippen LogP contribution is -2.30. The third-order valence-corrected chi connectivity index (χ3v) is 2.99. The average molecular weight is 266 g/mol. The topological polar surface area (TPSA) is 50.1 Å². The molecule has 0 saturated heterocycles. The highest BCUT2D eigenvalue weighted by molar-refractivity contribution is 6.32. The van der Waals surface area contributed by atoms with Crippen LogP contribution in [0, 0.1) is 0 Å². The van der Waals surface area contributed by atoms with Crippen molar-refractivity contribution in [3.05, 3.63) is 47.2 Å². The van der Waals surface area contributed by atoms with Gasteiger partial charge in [0.25, 0.3) is 0 Å². The van der Waals surface area contributed by atoms with Crippen LogP contribution in [0.25, 0.3) is 0 Å². The van der Waals surface area contributed by atoms with Crippen molar-refractivity contribution in [2.24, 2.45) is 0 Å². The minimum Gasteiger partial charge on any atom is -0.506 e. The molecule has 1 aromatic carbocycles. The van der Waals surface area contributed by atoms with Gasteiger partial charge in [-0.1, -0.05) is 17.7 Å². The molecule has 1 heterocycles. The number of hydrogen-bond acceptors (Lipinski definition) is 3. The van der Waals surface area contributed by atoms with E-state index >= 15 is 0 Å². The van der Waals surface area contributed by atoms with Crippen LogP contribution < -0.4 is 5.32 Å². The summed E-state index contributed by atoms with van der Waals surface area (Å²) in [5.41, 5.74) is 1.05. The van der Waals surface area contributed by atoms with Gasteiger partial charge >= 0.3 is 0 Å². The van der Waals surface area contributed by atoms with E-state index in [-0.39, 0.29) is 5.75 Å². The maximum atomic E-state index is 9.33. The van der Waals surface area contributed by atoms with Crippen LogP contribution in [-0.2, 0) is 13.1 Å². The summed E-state index contributed by atoms with van der Waals surface area (Å²) in [5.74, 6) is 0.116. The lowest BCUT2D eigenvalue weighted by Gasteiger charge is -2.14. The molecule has 2 aromatic rings. The number of nitrogens with one attached hydrogen (secondary N) is 1. The van der Waals surface area contributed by atoms with Gasteiger partial charge in [-0.25, -0.2) is 0 Å². The van der Waals surface area contributed by atoms with Crippen LogP contribution in [0.3, 0.4) is 0 Å². The largest absolute Gasteiger partial charge is 0.506 e. The molecular formula is C13H16ClN3O. The number of benzene rings is 1. The van der Waals surface area contributed by atoms with Crippen molar-refractivity contribution in [1.29, 1.82) is 0 Å². The van der Waals surface area contributed by atoms with Crippen LogP contribution in [0.2, 0.25) is 5.02 Å². The highest BCUT2D eigenvalue weighted by Gasteiger charge is 2.04. The van der Waals surface area contributed by atoms with E-state index in [1.54, 1.807) is 18.3 Å². The maximum Gasteiger partial charge on any atom is 0.134 e. The zero-order chi connectivity index (χ0) is 13.0. The van der Waals surface area contributed by atoms with Crippen LogP contribution in [0.5, 0.6) is 5.75 Å². The molecule has 5 heteroatoms. The number of nitrogens with zero attached hydrogens (tertiary/aromatic N) is 2. The molecule has 0 bridgehead atoms. The second kappa shape index (κ2) is 5.89. The third-order valence-electron chi connectivity index (χ3n) is 2.69. The second-order valence-electron chi connectivity index (χ2n) is 4.30. The van der Waals surface area contributed by atoms with Gasteiger partial charge in [0.05, 0.1) is 11.6 Å². The first kappa shape index (κ1) is 12.9. The van der Waals surface area contributed by atoms with E-state index < -0.39 is 0 Å². The van der Waals surface area contributed by atoms with Crippen molar-refractivity contribution in [2.45, 2.75) is 26.1 Å². The fourth-order valence-corrected chi connectivity index (χ4v) is 1.91. The number of aromatic nitrogens is 2. The van der Waals surface area contributed by atoms with E-state index in [1.165, 1.54) is 0 Å². The van der Waals surface area contributed by atoms with Crippen molar-refractivity contribution in [2.75, 3.05) is 0 Å². The van der Waals surface area contributed by atoms with Crippen LogP contribution in [0.15, 0.2) is 36.7 Å². The van der Waals surface area contributed by atoms with Crippen LogP contribution >= 0.6 is 11.6 Å². The summed E-state index contributed by atoms with van der Waals surface area (Å²) in [4.78, 5) is 0. The first-order chi connectivity index (χ1) is 8.65. The summed E-state index contributed by atoms with van der Waals surface area (Å²) >= 11 is 5.85. The molecule has 2 N–H and O–H groups in total. The monoisotopic (exact) mass is 265 g/mol. The van der Waals surface area contributed by atoms with Gasteiger partial charge in [-0.05, 0) is 30.7 Å². The molecule has 0 radical (unpaired) electrons. The Hall–Kier alpha value is -1.52. The zero-order valence-corrected chi connectivity index (χ0v) is 10.9. The molecule has 0 saturated carbocycles. The van der Waals surface area contributed by atoms with Crippen molar-refractivity contribution in [3.8, 4) is 5.75 Å². The smallest absolute Gasteiger partial charge is 0.134 e. The number of rotatable bonds is 5. The zero-order valence-electron chi connectivity index (χ0n) is 10.2. The Morgan fingerprint density at radius 3 is 3.00 bits per heavy atom. The normalized spacial score (nSPS) is 12.6. The summed E-state index contributed by atoms with van der Waals surface area (Å²) in [7, 11) is 0. The van der Waals surface area contributed by atoms with Crippen LogP contribution in [0.4, 0.5) is 0 Å². The summed E-state index contributed by atoms with van der Waals surface area (Å²) in [6.07, 6.45) is 3.71. The molecule has 0 spiro atoms. The van der Waals surface area contributed by atoms with Gasteiger partial charge < -0.3 is 10.4 Å². The van der Waals surface area contributed by atoms with Crippen molar-refractivity contribution < 1.29 is 5.11 Å². The molecule has 18 heavy (non-hydrogen) atoms. The van der Waals surface area contributed by atoms with Gasteiger partial charge in [0.1, 0.15) is 5.75 Å². The maximum absolute atomic E-state index is 9.33. The van der Waals surface area contributed by atoms with Gasteiger partial charge in [0, 0.05) is 25.0 Å². The van der Waals surface area contributed by atoms with E-state index in [9.17, 15) is 5.11 Å². The molecule has 2 rings (SSSR count). The van der Waals surface area contributed by atoms with Crippen LogP contribution in [0.1, 0.15) is 12.5 Å². The van der Waals surface area contributed by atoms with Crippen LogP contribution in [-0.4, -0.2) is 20.9 Å². The van der Waals surface area contributed by atoms with Gasteiger partial charge in [-0.3, -0.25) is 4.68 Å². The molecule has 1 atom stereocenters. The molecule has 0 aliphatic rings. The van der Waals surface area contributed by atoms with E-state index in [0.717, 1.165) is 12.1 Å². The fourth-order valence-electron chi connectivity index (χ4n) is 1.71. The van der Waals surface area contributed by atoms with Gasteiger partial charge in [0.15, 0.2) is 0 Å². The minimum atomic E-state index is 0.116. The number of phenols is 1. The number of phenolic OH excluding ortho intramolecular Hbond substituents is 1. The summed E-state index contributed by atoms with van der Waals surface area (Å²) in [6, 6.07) is 7.45. The summed E-state index contributed by atoms with van der Waals surface area (Å²) in [5, 5.41) is 17.3. The Morgan fingerprint density at radius 2 is 2.33 bits per heavy atom. The predicted octanol–water partition coefficient (Wildman–Crippen LogP) is 2.42. The second-order valence-corrected chi connectivity index (χ2v) is 4.70. The Morgan fingerprint density at radius 1 is 1.50 bits per heavy atom. The first-order valence-corrected chi connectivity index (χ1v) is 6.21. The molecule has 4 nitrogen and oxygen atoms in total. The predicted molar refractivity (Wildman–Crippen MR) is 71.6 cm³/mol. The summed E-state index contributed by atoms with van der Waals surface area (Å²) in [6.45, 7) is 3.63. The third kappa shape index (κ3) is 3.48. The van der Waals surface area contributed by atoms with Gasteiger partial charge in [-0.15, -0.1) is 0 Å². The first-order valence-electron chi connectivity index (χ1n) is 5.83. The Labute approximate surface area is 111 Å². The molecule has 96 valence electrons.